The summed E-state index contributed by atoms with van der Waals surface area (Å²) in [7, 11) is 0. The normalized spacial score (nSPS) is 9.46. The Balaban J connectivity index is 2.79. The summed E-state index contributed by atoms with van der Waals surface area (Å²) in [6.07, 6.45) is 0.263. The van der Waals surface area contributed by atoms with E-state index in [1.165, 1.54) is 17.7 Å². The Kier molecular flexibility index (Phi) is 3.47. The van der Waals surface area contributed by atoms with E-state index in [0.717, 1.165) is 0 Å². The average molecular weight is 267 g/mol. The van der Waals surface area contributed by atoms with Crippen LogP contribution in [-0.2, 0) is 0 Å². The highest BCUT2D eigenvalue weighted by atomic mass is 79.9. The minimum atomic E-state index is -0.990. The molecule has 0 aliphatic carbocycles. The molecule has 2 N–H and O–H groups in total. The SMILES string of the molecule is O=C(NO)Oc1cnc(Cl)c(Br)c1. The lowest BCUT2D eigenvalue weighted by Gasteiger charge is -2.02. The zero-order valence-electron chi connectivity index (χ0n) is 6.12. The number of nitrogens with zero attached hydrogens (tertiary/aromatic N) is 1. The van der Waals surface area contributed by atoms with Gasteiger partial charge in [-0.25, -0.2) is 15.3 Å². The second kappa shape index (κ2) is 4.40. The van der Waals surface area contributed by atoms with Crippen LogP contribution in [0, 0.1) is 0 Å². The van der Waals surface area contributed by atoms with E-state index in [0.29, 0.717) is 4.47 Å². The van der Waals surface area contributed by atoms with Crippen LogP contribution in [0.1, 0.15) is 0 Å². The lowest BCUT2D eigenvalue weighted by molar-refractivity contribution is 0.127. The number of hydrogen-bond acceptors (Lipinski definition) is 4. The van der Waals surface area contributed by atoms with Gasteiger partial charge in [0.05, 0.1) is 10.7 Å². The lowest BCUT2D eigenvalue weighted by atomic mass is 10.5. The van der Waals surface area contributed by atoms with Crippen LogP contribution in [0.3, 0.4) is 0 Å². The molecule has 13 heavy (non-hydrogen) atoms. The molecule has 1 heterocycles. The molecular weight excluding hydrogens is 263 g/mol. The van der Waals surface area contributed by atoms with E-state index in [2.05, 4.69) is 25.7 Å². The Morgan fingerprint density at radius 1 is 1.77 bits per heavy atom. The van der Waals surface area contributed by atoms with Gasteiger partial charge in [-0.3, -0.25) is 5.21 Å². The lowest BCUT2D eigenvalue weighted by Crippen LogP contribution is -2.22. The summed E-state index contributed by atoms with van der Waals surface area (Å²) in [4.78, 5) is 14.2. The fourth-order valence-electron chi connectivity index (χ4n) is 0.589. The van der Waals surface area contributed by atoms with Crippen LogP contribution < -0.4 is 10.2 Å². The van der Waals surface area contributed by atoms with Crippen molar-refractivity contribution in [1.29, 1.82) is 0 Å². The summed E-state index contributed by atoms with van der Waals surface area (Å²) in [6, 6.07) is 1.45. The van der Waals surface area contributed by atoms with Crippen molar-refractivity contribution in [2.45, 2.75) is 0 Å². The summed E-state index contributed by atoms with van der Waals surface area (Å²) in [6.45, 7) is 0. The van der Waals surface area contributed by atoms with E-state index in [-0.39, 0.29) is 10.9 Å². The predicted octanol–water partition coefficient (Wildman–Crippen LogP) is 1.98. The maximum absolute atomic E-state index is 10.5. The number of aromatic nitrogens is 1. The number of amides is 1. The van der Waals surface area contributed by atoms with Gasteiger partial charge in [-0.05, 0) is 22.0 Å². The highest BCUT2D eigenvalue weighted by Crippen LogP contribution is 2.23. The fourth-order valence-corrected chi connectivity index (χ4v) is 1.02. The molecule has 1 rings (SSSR count). The van der Waals surface area contributed by atoms with Gasteiger partial charge in [0.25, 0.3) is 0 Å². The van der Waals surface area contributed by atoms with Crippen LogP contribution in [0.25, 0.3) is 0 Å². The Morgan fingerprint density at radius 2 is 2.46 bits per heavy atom. The zero-order valence-corrected chi connectivity index (χ0v) is 8.46. The van der Waals surface area contributed by atoms with Gasteiger partial charge in [0.15, 0.2) is 5.75 Å². The van der Waals surface area contributed by atoms with Crippen molar-refractivity contribution in [2.24, 2.45) is 0 Å². The summed E-state index contributed by atoms with van der Waals surface area (Å²) in [5.41, 5.74) is 1.31. The number of hydroxylamine groups is 1. The highest BCUT2D eigenvalue weighted by Gasteiger charge is 2.05. The van der Waals surface area contributed by atoms with Crippen LogP contribution in [0.15, 0.2) is 16.7 Å². The molecular formula is C6H4BrClN2O3. The van der Waals surface area contributed by atoms with E-state index < -0.39 is 6.09 Å². The number of carbonyl (C=O) groups excluding carboxylic acids is 1. The van der Waals surface area contributed by atoms with Gasteiger partial charge in [0.1, 0.15) is 5.15 Å². The van der Waals surface area contributed by atoms with Gasteiger partial charge in [-0.2, -0.15) is 0 Å². The first-order valence-corrected chi connectivity index (χ1v) is 4.23. The molecule has 0 unspecified atom stereocenters. The van der Waals surface area contributed by atoms with Crippen molar-refractivity contribution >= 4 is 33.6 Å². The number of rotatable bonds is 1. The molecule has 0 spiro atoms. The second-order valence-corrected chi connectivity index (χ2v) is 3.16. The smallest absolute Gasteiger partial charge is 0.407 e. The molecule has 70 valence electrons. The minimum Gasteiger partial charge on any atom is -0.407 e. The fraction of sp³-hybridized carbons (Fsp3) is 0. The summed E-state index contributed by atoms with van der Waals surface area (Å²) in [5.74, 6) is 0.169. The molecule has 0 bridgehead atoms. The molecule has 0 aliphatic rings. The largest absolute Gasteiger partial charge is 0.436 e. The van der Waals surface area contributed by atoms with Crippen molar-refractivity contribution in [3.63, 3.8) is 0 Å². The quantitative estimate of drug-likeness (QED) is 0.464. The third kappa shape index (κ3) is 2.83. The molecule has 0 saturated carbocycles. The molecule has 0 aromatic carbocycles. The predicted molar refractivity (Wildman–Crippen MR) is 47.9 cm³/mol. The van der Waals surface area contributed by atoms with Gasteiger partial charge in [-0.15, -0.1) is 0 Å². The molecule has 0 atom stereocenters. The number of nitrogens with one attached hydrogen (secondary N) is 1. The van der Waals surface area contributed by atoms with Crippen LogP contribution in [0.2, 0.25) is 5.15 Å². The molecule has 0 aliphatic heterocycles. The van der Waals surface area contributed by atoms with E-state index in [1.54, 1.807) is 0 Å². The molecule has 0 radical (unpaired) electrons. The van der Waals surface area contributed by atoms with Crippen LogP contribution in [0.4, 0.5) is 4.79 Å². The van der Waals surface area contributed by atoms with Crippen LogP contribution in [0.5, 0.6) is 5.75 Å². The third-order valence-electron chi connectivity index (χ3n) is 1.07. The van der Waals surface area contributed by atoms with Crippen molar-refractivity contribution in [3.8, 4) is 5.75 Å². The molecule has 7 heteroatoms. The Bertz CT molecular complexity index is 334. The first-order valence-electron chi connectivity index (χ1n) is 3.06. The minimum absolute atomic E-state index is 0.169. The van der Waals surface area contributed by atoms with Crippen molar-refractivity contribution < 1.29 is 14.7 Å². The van der Waals surface area contributed by atoms with Crippen molar-refractivity contribution in [2.75, 3.05) is 0 Å². The first kappa shape index (κ1) is 10.2. The first-order chi connectivity index (χ1) is 6.13. The summed E-state index contributed by atoms with van der Waals surface area (Å²) < 4.78 is 5.05. The standard InChI is InChI=1S/C6H4BrClN2O3/c7-4-1-3(2-9-5(4)8)13-6(11)10-12/h1-2,12H,(H,10,11). The molecule has 1 amide bonds. The number of halogens is 2. The zero-order chi connectivity index (χ0) is 9.84. The van der Waals surface area contributed by atoms with E-state index >= 15 is 0 Å². The van der Waals surface area contributed by atoms with Gasteiger partial charge in [-0.1, -0.05) is 11.6 Å². The van der Waals surface area contributed by atoms with Gasteiger partial charge >= 0.3 is 6.09 Å². The molecule has 0 fully saturated rings. The molecule has 1 aromatic heterocycles. The Morgan fingerprint density at radius 3 is 3.00 bits per heavy atom. The highest BCUT2D eigenvalue weighted by molar-refractivity contribution is 9.10. The third-order valence-corrected chi connectivity index (χ3v) is 2.21. The summed E-state index contributed by atoms with van der Waals surface area (Å²) >= 11 is 8.68. The van der Waals surface area contributed by atoms with Gasteiger partial charge < -0.3 is 4.74 Å². The van der Waals surface area contributed by atoms with Crippen molar-refractivity contribution in [3.05, 3.63) is 21.9 Å². The number of hydrogen-bond donors (Lipinski definition) is 2. The number of carbonyl (C=O) groups is 1. The monoisotopic (exact) mass is 266 g/mol. The topological polar surface area (TPSA) is 71.5 Å². The van der Waals surface area contributed by atoms with Gasteiger partial charge in [0, 0.05) is 0 Å². The molecule has 1 aromatic rings. The molecule has 5 nitrogen and oxygen atoms in total. The summed E-state index contributed by atoms with van der Waals surface area (Å²) in [5, 5.41) is 8.40. The van der Waals surface area contributed by atoms with E-state index in [9.17, 15) is 4.79 Å². The number of pyridine rings is 1. The number of ether oxygens (including phenoxy) is 1. The Hall–Kier alpha value is -0.850. The Labute approximate surface area is 86.8 Å². The van der Waals surface area contributed by atoms with Crippen molar-refractivity contribution in [1.82, 2.24) is 10.5 Å². The van der Waals surface area contributed by atoms with Crippen LogP contribution >= 0.6 is 27.5 Å². The maximum atomic E-state index is 10.5. The average Bonchev–Trinajstić information content (AvgIpc) is 2.11. The maximum Gasteiger partial charge on any atom is 0.436 e. The molecule has 0 saturated heterocycles. The van der Waals surface area contributed by atoms with E-state index in [4.69, 9.17) is 16.8 Å². The van der Waals surface area contributed by atoms with Gasteiger partial charge in [0.2, 0.25) is 0 Å². The van der Waals surface area contributed by atoms with Crippen LogP contribution in [-0.4, -0.2) is 16.3 Å². The van der Waals surface area contributed by atoms with E-state index in [1.807, 2.05) is 0 Å². The second-order valence-electron chi connectivity index (χ2n) is 1.94.